The number of anilines is 4. The van der Waals surface area contributed by atoms with Gasteiger partial charge in [0.25, 0.3) is 0 Å². The Morgan fingerprint density at radius 2 is 1.89 bits per heavy atom. The first-order valence-electron chi connectivity index (χ1n) is 11.2. The number of halogens is 1. The molecule has 4 aromatic rings. The third-order valence-electron chi connectivity index (χ3n) is 6.11. The van der Waals surface area contributed by atoms with Crippen molar-refractivity contribution in [3.63, 3.8) is 0 Å². The maximum atomic E-state index is 13.8. The lowest BCUT2D eigenvalue weighted by Gasteiger charge is -2.23. The molecule has 4 heterocycles. The molecule has 5 rings (SSSR count). The molecule has 0 unspecified atom stereocenters. The fourth-order valence-corrected chi connectivity index (χ4v) is 5.44. The summed E-state index contributed by atoms with van der Waals surface area (Å²) >= 11 is 0. The quantitative estimate of drug-likeness (QED) is 0.366. The van der Waals surface area contributed by atoms with E-state index in [1.807, 2.05) is 13.0 Å². The van der Waals surface area contributed by atoms with Gasteiger partial charge in [-0.1, -0.05) is 0 Å². The minimum absolute atomic E-state index is 0.272. The van der Waals surface area contributed by atoms with Gasteiger partial charge in [-0.2, -0.15) is 10.1 Å². The van der Waals surface area contributed by atoms with Crippen LogP contribution in [0.25, 0.3) is 22.3 Å². The lowest BCUT2D eigenvalue weighted by atomic mass is 10.1. The van der Waals surface area contributed by atoms with Crippen LogP contribution in [0.5, 0.6) is 0 Å². The summed E-state index contributed by atoms with van der Waals surface area (Å²) in [5.41, 5.74) is 3.70. The number of sulfone groups is 1. The number of rotatable bonds is 6. The molecular weight excluding hydrogens is 471 g/mol. The third kappa shape index (κ3) is 4.36. The smallest absolute Gasteiger partial charge is 0.229 e. The van der Waals surface area contributed by atoms with Gasteiger partial charge in [0.15, 0.2) is 15.5 Å². The van der Waals surface area contributed by atoms with Crippen LogP contribution >= 0.6 is 0 Å². The SMILES string of the molecule is CNc1nc(Nc2cc(N3CCCC3)c(C)c(S(C)(=O)=O)c2)ncc1-c1[nH]nc2ncc(F)cc12. The molecule has 12 heteroatoms. The van der Waals surface area contributed by atoms with E-state index in [1.54, 1.807) is 19.3 Å². The molecule has 1 fully saturated rings. The van der Waals surface area contributed by atoms with Crippen LogP contribution in [0.3, 0.4) is 0 Å². The molecule has 35 heavy (non-hydrogen) atoms. The van der Waals surface area contributed by atoms with E-state index in [0.29, 0.717) is 33.8 Å². The van der Waals surface area contributed by atoms with Crippen molar-refractivity contribution in [2.75, 3.05) is 41.9 Å². The molecule has 0 aliphatic carbocycles. The highest BCUT2D eigenvalue weighted by Crippen LogP contribution is 2.35. The second-order valence-electron chi connectivity index (χ2n) is 8.54. The van der Waals surface area contributed by atoms with Gasteiger partial charge in [0, 0.05) is 49.4 Å². The molecule has 0 amide bonds. The van der Waals surface area contributed by atoms with Crippen LogP contribution in [-0.2, 0) is 9.84 Å². The van der Waals surface area contributed by atoms with Crippen LogP contribution < -0.4 is 15.5 Å². The standard InChI is InChI=1S/C23H25FN8O2S/c1-13-18(32-6-4-5-7-32)9-15(10-19(13)35(3,33)34)28-23-27-12-17(21(25-2)29-23)20-16-8-14(24)11-26-22(16)31-30-20/h8-12H,4-7H2,1-3H3,(H,26,30,31)(H2,25,27,28,29). The fourth-order valence-electron chi connectivity index (χ4n) is 4.44. The van der Waals surface area contributed by atoms with Crippen molar-refractivity contribution in [2.45, 2.75) is 24.7 Å². The summed E-state index contributed by atoms with van der Waals surface area (Å²) in [6.45, 7) is 3.61. The summed E-state index contributed by atoms with van der Waals surface area (Å²) in [4.78, 5) is 15.4. The maximum absolute atomic E-state index is 13.8. The molecule has 3 N–H and O–H groups in total. The zero-order valence-electron chi connectivity index (χ0n) is 19.6. The Balaban J connectivity index is 1.54. The van der Waals surface area contributed by atoms with Crippen molar-refractivity contribution in [3.8, 4) is 11.3 Å². The van der Waals surface area contributed by atoms with Gasteiger partial charge in [-0.25, -0.2) is 22.8 Å². The molecule has 1 saturated heterocycles. The maximum Gasteiger partial charge on any atom is 0.229 e. The van der Waals surface area contributed by atoms with Crippen LogP contribution in [0, 0.1) is 12.7 Å². The Bertz CT molecular complexity index is 1530. The van der Waals surface area contributed by atoms with Gasteiger partial charge in [0.1, 0.15) is 11.6 Å². The Kier molecular flexibility index (Phi) is 5.75. The number of H-pyrrole nitrogens is 1. The molecule has 1 aliphatic rings. The van der Waals surface area contributed by atoms with Gasteiger partial charge in [-0.05, 0) is 43.5 Å². The van der Waals surface area contributed by atoms with Gasteiger partial charge in [0.2, 0.25) is 5.95 Å². The Morgan fingerprint density at radius 3 is 2.60 bits per heavy atom. The minimum Gasteiger partial charge on any atom is -0.372 e. The Labute approximate surface area is 201 Å². The zero-order chi connectivity index (χ0) is 24.7. The second kappa shape index (κ2) is 8.77. The number of benzene rings is 1. The van der Waals surface area contributed by atoms with E-state index in [1.165, 1.54) is 12.3 Å². The average molecular weight is 497 g/mol. The largest absolute Gasteiger partial charge is 0.372 e. The third-order valence-corrected chi connectivity index (χ3v) is 7.33. The van der Waals surface area contributed by atoms with Gasteiger partial charge in [0.05, 0.1) is 22.3 Å². The van der Waals surface area contributed by atoms with Crippen LogP contribution in [0.1, 0.15) is 18.4 Å². The topological polar surface area (TPSA) is 129 Å². The van der Waals surface area contributed by atoms with Gasteiger partial charge < -0.3 is 15.5 Å². The average Bonchev–Trinajstić information content (AvgIpc) is 3.49. The summed E-state index contributed by atoms with van der Waals surface area (Å²) in [7, 11) is -1.73. The predicted molar refractivity (Wildman–Crippen MR) is 133 cm³/mol. The zero-order valence-corrected chi connectivity index (χ0v) is 20.4. The van der Waals surface area contributed by atoms with E-state index in [0.717, 1.165) is 43.4 Å². The Hall–Kier alpha value is -3.80. The molecule has 0 spiro atoms. The molecule has 0 saturated carbocycles. The summed E-state index contributed by atoms with van der Waals surface area (Å²) in [5, 5.41) is 13.7. The van der Waals surface area contributed by atoms with Crippen LogP contribution in [0.15, 0.2) is 35.5 Å². The highest BCUT2D eigenvalue weighted by molar-refractivity contribution is 7.90. The lowest BCUT2D eigenvalue weighted by Crippen LogP contribution is -2.20. The van der Waals surface area contributed by atoms with E-state index in [9.17, 15) is 12.8 Å². The molecular formula is C23H25FN8O2S. The first kappa shape index (κ1) is 23.0. The highest BCUT2D eigenvalue weighted by atomic mass is 32.2. The monoisotopic (exact) mass is 496 g/mol. The van der Waals surface area contributed by atoms with Crippen molar-refractivity contribution in [1.29, 1.82) is 0 Å². The number of pyridine rings is 1. The molecule has 182 valence electrons. The molecule has 0 radical (unpaired) electrons. The lowest BCUT2D eigenvalue weighted by molar-refractivity contribution is 0.601. The van der Waals surface area contributed by atoms with Crippen LogP contribution in [-0.4, -0.2) is 60.0 Å². The summed E-state index contributed by atoms with van der Waals surface area (Å²) in [5.74, 6) is 0.287. The summed E-state index contributed by atoms with van der Waals surface area (Å²) < 4.78 is 38.8. The van der Waals surface area contributed by atoms with Crippen molar-refractivity contribution in [3.05, 3.63) is 42.0 Å². The number of hydrogen-bond donors (Lipinski definition) is 3. The van der Waals surface area contributed by atoms with Gasteiger partial charge in [-0.3, -0.25) is 5.10 Å². The number of fused-ring (bicyclic) bond motifs is 1. The molecule has 10 nitrogen and oxygen atoms in total. The van der Waals surface area contributed by atoms with Crippen molar-refractivity contribution >= 4 is 44.0 Å². The Morgan fingerprint density at radius 1 is 1.11 bits per heavy atom. The summed E-state index contributed by atoms with van der Waals surface area (Å²) in [6.07, 6.45) is 6.06. The van der Waals surface area contributed by atoms with Crippen LogP contribution in [0.2, 0.25) is 0 Å². The van der Waals surface area contributed by atoms with E-state index in [2.05, 4.69) is 40.7 Å². The van der Waals surface area contributed by atoms with Gasteiger partial charge >= 0.3 is 0 Å². The van der Waals surface area contributed by atoms with Gasteiger partial charge in [-0.15, -0.1) is 0 Å². The first-order chi connectivity index (χ1) is 16.7. The molecule has 1 aliphatic heterocycles. The van der Waals surface area contributed by atoms with Crippen molar-refractivity contribution < 1.29 is 12.8 Å². The number of aromatic nitrogens is 5. The fraction of sp³-hybridized carbons (Fsp3) is 0.304. The molecule has 3 aromatic heterocycles. The summed E-state index contributed by atoms with van der Waals surface area (Å²) in [6, 6.07) is 4.89. The number of nitrogens with zero attached hydrogens (tertiary/aromatic N) is 5. The molecule has 1 aromatic carbocycles. The van der Waals surface area contributed by atoms with Crippen molar-refractivity contribution in [2.24, 2.45) is 0 Å². The van der Waals surface area contributed by atoms with Crippen LogP contribution in [0.4, 0.5) is 27.5 Å². The normalized spacial score (nSPS) is 14.0. The molecule has 0 bridgehead atoms. The van der Waals surface area contributed by atoms with E-state index < -0.39 is 15.7 Å². The minimum atomic E-state index is -3.44. The number of nitrogens with one attached hydrogen (secondary N) is 3. The predicted octanol–water partition coefficient (Wildman–Crippen LogP) is 3.65. The second-order valence-corrected chi connectivity index (χ2v) is 10.5. The first-order valence-corrected chi connectivity index (χ1v) is 13.0. The van der Waals surface area contributed by atoms with E-state index in [-0.39, 0.29) is 10.8 Å². The van der Waals surface area contributed by atoms with Crippen molar-refractivity contribution in [1.82, 2.24) is 25.1 Å². The number of aromatic amines is 1. The number of hydrogen-bond acceptors (Lipinski definition) is 9. The molecule has 0 atom stereocenters. The van der Waals surface area contributed by atoms with E-state index in [4.69, 9.17) is 0 Å². The van der Waals surface area contributed by atoms with E-state index >= 15 is 0 Å². The highest BCUT2D eigenvalue weighted by Gasteiger charge is 2.22.